The highest BCUT2D eigenvalue weighted by Gasteiger charge is 2.18. The second-order valence-corrected chi connectivity index (χ2v) is 12.0. The van der Waals surface area contributed by atoms with Crippen molar-refractivity contribution in [3.8, 4) is 28.6 Å². The topological polar surface area (TPSA) is 59.7 Å². The number of aromatic nitrogens is 3. The highest BCUT2D eigenvalue weighted by atomic mass is 16.3. The van der Waals surface area contributed by atoms with Crippen molar-refractivity contribution in [3.63, 3.8) is 0 Å². The summed E-state index contributed by atoms with van der Waals surface area (Å²) >= 11 is 0. The Hall–Kier alpha value is -6.64. The lowest BCUT2D eigenvalue weighted by molar-refractivity contribution is 0.669. The van der Waals surface area contributed by atoms with E-state index in [9.17, 15) is 5.26 Å². The molecule has 0 atom stereocenters. The molecule has 4 aromatic heterocycles. The summed E-state index contributed by atoms with van der Waals surface area (Å²) in [6.45, 7) is 0. The summed E-state index contributed by atoms with van der Waals surface area (Å²) < 4.78 is 10.8. The summed E-state index contributed by atoms with van der Waals surface area (Å²) in [5, 5.41) is 16.9. The number of nitriles is 1. The van der Waals surface area contributed by atoms with E-state index in [1.165, 1.54) is 10.8 Å². The number of fused-ring (bicyclic) bond motifs is 9. The molecule has 0 aliphatic heterocycles. The highest BCUT2D eigenvalue weighted by Crippen LogP contribution is 2.39. The minimum absolute atomic E-state index is 0.607. The van der Waals surface area contributed by atoms with Crippen LogP contribution in [0.1, 0.15) is 5.56 Å². The van der Waals surface area contributed by atoms with E-state index in [1.54, 1.807) is 0 Å². The van der Waals surface area contributed by atoms with Crippen molar-refractivity contribution >= 4 is 65.7 Å². The smallest absolute Gasteiger partial charge is 0.145 e. The molecule has 0 bridgehead atoms. The van der Waals surface area contributed by atoms with Gasteiger partial charge in [-0.05, 0) is 77.9 Å². The fourth-order valence-electron chi connectivity index (χ4n) is 7.32. The summed E-state index contributed by atoms with van der Waals surface area (Å²) in [6, 6.07) is 50.6. The number of pyridine rings is 1. The predicted octanol–water partition coefficient (Wildman–Crippen LogP) is 10.7. The van der Waals surface area contributed by atoms with E-state index in [-0.39, 0.29) is 0 Å². The van der Waals surface area contributed by atoms with Gasteiger partial charge in [-0.15, -0.1) is 0 Å². The first-order valence-corrected chi connectivity index (χ1v) is 15.6. The zero-order chi connectivity index (χ0) is 31.1. The monoisotopic (exact) mass is 600 g/mol. The van der Waals surface area contributed by atoms with Gasteiger partial charge in [0.15, 0.2) is 0 Å². The van der Waals surface area contributed by atoms with Gasteiger partial charge in [0, 0.05) is 56.0 Å². The molecule has 0 fully saturated rings. The molecule has 0 saturated heterocycles. The van der Waals surface area contributed by atoms with Crippen LogP contribution in [0.3, 0.4) is 0 Å². The Balaban J connectivity index is 1.20. The first kappa shape index (κ1) is 25.7. The van der Waals surface area contributed by atoms with Crippen LogP contribution in [0.25, 0.3) is 88.2 Å². The van der Waals surface area contributed by atoms with Crippen molar-refractivity contribution in [3.05, 3.63) is 151 Å². The van der Waals surface area contributed by atoms with Crippen molar-refractivity contribution in [1.82, 2.24) is 14.1 Å². The number of furan rings is 1. The highest BCUT2D eigenvalue weighted by molar-refractivity contribution is 6.16. The third-order valence-electron chi connectivity index (χ3n) is 9.35. The van der Waals surface area contributed by atoms with Crippen LogP contribution in [0.15, 0.2) is 150 Å². The summed E-state index contributed by atoms with van der Waals surface area (Å²) in [5.41, 5.74) is 10.4. The van der Waals surface area contributed by atoms with Gasteiger partial charge in [-0.1, -0.05) is 66.7 Å². The van der Waals surface area contributed by atoms with Crippen molar-refractivity contribution in [2.24, 2.45) is 0 Å². The molecule has 0 radical (unpaired) electrons. The van der Waals surface area contributed by atoms with Gasteiger partial charge >= 0.3 is 0 Å². The second kappa shape index (κ2) is 9.68. The van der Waals surface area contributed by atoms with Crippen molar-refractivity contribution in [1.29, 1.82) is 5.26 Å². The van der Waals surface area contributed by atoms with Crippen LogP contribution in [0.5, 0.6) is 0 Å². The molecule has 218 valence electrons. The Kier molecular flexibility index (Phi) is 5.28. The van der Waals surface area contributed by atoms with E-state index in [2.05, 4.69) is 118 Å². The lowest BCUT2D eigenvalue weighted by Gasteiger charge is -2.13. The Bertz CT molecular complexity index is 2880. The van der Waals surface area contributed by atoms with Gasteiger partial charge < -0.3 is 8.98 Å². The van der Waals surface area contributed by atoms with E-state index < -0.39 is 0 Å². The number of para-hydroxylation sites is 3. The number of hydrogen-bond donors (Lipinski definition) is 0. The maximum Gasteiger partial charge on any atom is 0.145 e. The van der Waals surface area contributed by atoms with Gasteiger partial charge in [0.1, 0.15) is 16.8 Å². The van der Waals surface area contributed by atoms with Crippen LogP contribution < -0.4 is 0 Å². The number of nitrogens with zero attached hydrogens (tertiary/aromatic N) is 4. The molecular formula is C42H24N4O. The van der Waals surface area contributed by atoms with E-state index in [4.69, 9.17) is 9.40 Å². The molecule has 5 heteroatoms. The predicted molar refractivity (Wildman–Crippen MR) is 190 cm³/mol. The van der Waals surface area contributed by atoms with Crippen LogP contribution >= 0.6 is 0 Å². The quantitative estimate of drug-likeness (QED) is 0.203. The number of hydrogen-bond acceptors (Lipinski definition) is 3. The van der Waals surface area contributed by atoms with Crippen molar-refractivity contribution in [2.75, 3.05) is 0 Å². The average Bonchev–Trinajstić information content (AvgIpc) is 3.77. The maximum atomic E-state index is 10.2. The molecule has 0 aliphatic carbocycles. The second-order valence-electron chi connectivity index (χ2n) is 12.0. The Labute approximate surface area is 268 Å². The first-order valence-electron chi connectivity index (χ1n) is 15.6. The van der Waals surface area contributed by atoms with Crippen LogP contribution in [0.2, 0.25) is 0 Å². The van der Waals surface area contributed by atoms with Gasteiger partial charge in [-0.3, -0.25) is 4.57 Å². The van der Waals surface area contributed by atoms with Crippen molar-refractivity contribution < 1.29 is 4.42 Å². The molecule has 0 spiro atoms. The molecule has 0 amide bonds. The summed E-state index contributed by atoms with van der Waals surface area (Å²) in [5.74, 6) is 0. The van der Waals surface area contributed by atoms with Crippen LogP contribution in [0.4, 0.5) is 0 Å². The Morgan fingerprint density at radius 1 is 0.489 bits per heavy atom. The lowest BCUT2D eigenvalue weighted by Crippen LogP contribution is -1.97. The summed E-state index contributed by atoms with van der Waals surface area (Å²) in [7, 11) is 0. The summed E-state index contributed by atoms with van der Waals surface area (Å²) in [6.07, 6.45) is 1.84. The third kappa shape index (κ3) is 3.73. The molecule has 4 heterocycles. The van der Waals surface area contributed by atoms with E-state index in [0.29, 0.717) is 5.56 Å². The third-order valence-corrected chi connectivity index (χ3v) is 9.35. The molecule has 0 N–H and O–H groups in total. The zero-order valence-electron chi connectivity index (χ0n) is 25.1. The van der Waals surface area contributed by atoms with Crippen molar-refractivity contribution in [2.45, 2.75) is 0 Å². The average molecular weight is 601 g/mol. The zero-order valence-corrected chi connectivity index (χ0v) is 25.1. The molecule has 10 aromatic rings. The number of benzene rings is 6. The van der Waals surface area contributed by atoms with Gasteiger partial charge in [0.05, 0.1) is 28.2 Å². The normalized spacial score (nSPS) is 11.8. The molecule has 0 aliphatic rings. The van der Waals surface area contributed by atoms with Gasteiger partial charge in [-0.2, -0.15) is 5.26 Å². The van der Waals surface area contributed by atoms with E-state index >= 15 is 0 Å². The summed E-state index contributed by atoms with van der Waals surface area (Å²) in [4.78, 5) is 4.85. The number of rotatable bonds is 3. The van der Waals surface area contributed by atoms with E-state index in [0.717, 1.165) is 77.4 Å². The molecule has 0 unspecified atom stereocenters. The fraction of sp³-hybridized carbons (Fsp3) is 0. The standard InChI is InChI=1S/C42H24N4O/c43-25-26-19-28(22-30(20-26)45-37-15-4-1-11-31(37)32-12-2-5-16-38(32)45)27-9-7-10-29(21-27)46-39-24-41-36(33-13-3-6-17-40(33)47-41)23-35(39)34-14-8-18-44-42(34)46/h1-24H. The molecule has 47 heavy (non-hydrogen) atoms. The Morgan fingerprint density at radius 3 is 2.02 bits per heavy atom. The molecule has 0 saturated carbocycles. The fourth-order valence-corrected chi connectivity index (χ4v) is 7.32. The first-order chi connectivity index (χ1) is 23.2. The molecule has 10 rings (SSSR count). The van der Waals surface area contributed by atoms with Gasteiger partial charge in [-0.25, -0.2) is 4.98 Å². The molecular weight excluding hydrogens is 576 g/mol. The minimum Gasteiger partial charge on any atom is -0.456 e. The SMILES string of the molecule is N#Cc1cc(-c2cccc(-n3c4cc5oc6ccccc6c5cc4c4cccnc43)c2)cc(-n2c3ccccc3c3ccccc32)c1. The van der Waals surface area contributed by atoms with Crippen LogP contribution in [-0.4, -0.2) is 14.1 Å². The van der Waals surface area contributed by atoms with Gasteiger partial charge in [0.2, 0.25) is 0 Å². The molecule has 5 nitrogen and oxygen atoms in total. The van der Waals surface area contributed by atoms with Crippen LogP contribution in [-0.2, 0) is 0 Å². The maximum absolute atomic E-state index is 10.2. The van der Waals surface area contributed by atoms with Crippen LogP contribution in [0, 0.1) is 11.3 Å². The van der Waals surface area contributed by atoms with E-state index in [1.807, 2.05) is 42.6 Å². The van der Waals surface area contributed by atoms with Gasteiger partial charge in [0.25, 0.3) is 0 Å². The Morgan fingerprint density at radius 2 is 1.21 bits per heavy atom. The lowest BCUT2D eigenvalue weighted by atomic mass is 10.0. The molecule has 6 aromatic carbocycles. The largest absolute Gasteiger partial charge is 0.456 e. The minimum atomic E-state index is 0.607.